The molecule has 0 bridgehead atoms. The lowest BCUT2D eigenvalue weighted by Crippen LogP contribution is -2.31. The second kappa shape index (κ2) is 6.01. The molecule has 8 heteroatoms. The predicted octanol–water partition coefficient (Wildman–Crippen LogP) is 2.01. The van der Waals surface area contributed by atoms with Crippen LogP contribution in [0.5, 0.6) is 0 Å². The monoisotopic (exact) mass is 310 g/mol. The number of para-hydroxylation sites is 1. The van der Waals surface area contributed by atoms with Crippen LogP contribution in [0.3, 0.4) is 0 Å². The van der Waals surface area contributed by atoms with Gasteiger partial charge in [0.2, 0.25) is 0 Å². The molecule has 4 nitrogen and oxygen atoms in total. The molecular formula is C12H17F3N2O2S. The number of nitrogens with two attached hydrogens (primary N) is 1. The van der Waals surface area contributed by atoms with Gasteiger partial charge in [0.1, 0.15) is 0 Å². The van der Waals surface area contributed by atoms with Crippen molar-refractivity contribution < 1.29 is 21.6 Å². The average molecular weight is 310 g/mol. The van der Waals surface area contributed by atoms with Crippen LogP contribution in [-0.2, 0) is 9.84 Å². The Bertz CT molecular complexity index is 558. The van der Waals surface area contributed by atoms with Crippen molar-refractivity contribution in [2.75, 3.05) is 25.0 Å². The van der Waals surface area contributed by atoms with Gasteiger partial charge in [-0.15, -0.1) is 0 Å². The molecule has 114 valence electrons. The maximum Gasteiger partial charge on any atom is 0.501 e. The number of rotatable bonds is 5. The third-order valence-electron chi connectivity index (χ3n) is 2.86. The van der Waals surface area contributed by atoms with Crippen LogP contribution in [0.1, 0.15) is 6.92 Å². The number of benzene rings is 1. The first-order valence-electron chi connectivity index (χ1n) is 5.93. The lowest BCUT2D eigenvalue weighted by atomic mass is 10.1. The van der Waals surface area contributed by atoms with E-state index in [1.54, 1.807) is 0 Å². The summed E-state index contributed by atoms with van der Waals surface area (Å²) in [6.07, 6.45) is 0. The molecule has 0 aliphatic carbocycles. The zero-order valence-electron chi connectivity index (χ0n) is 11.2. The summed E-state index contributed by atoms with van der Waals surface area (Å²) in [6.45, 7) is 2.55. The molecule has 1 aromatic rings. The average Bonchev–Trinajstić information content (AvgIpc) is 2.37. The van der Waals surface area contributed by atoms with Gasteiger partial charge in [0, 0.05) is 13.6 Å². The molecular weight excluding hydrogens is 293 g/mol. The molecule has 20 heavy (non-hydrogen) atoms. The molecule has 0 spiro atoms. The van der Waals surface area contributed by atoms with Gasteiger partial charge in [0.25, 0.3) is 9.84 Å². The van der Waals surface area contributed by atoms with Gasteiger partial charge in [-0.1, -0.05) is 19.1 Å². The molecule has 0 amide bonds. The van der Waals surface area contributed by atoms with Crippen LogP contribution < -0.4 is 10.6 Å². The molecule has 1 unspecified atom stereocenters. The minimum atomic E-state index is -5.37. The summed E-state index contributed by atoms with van der Waals surface area (Å²) in [4.78, 5) is 0.732. The number of nitrogens with zero attached hydrogens (tertiary/aromatic N) is 1. The fourth-order valence-electron chi connectivity index (χ4n) is 1.76. The largest absolute Gasteiger partial charge is 0.501 e. The molecule has 1 aromatic carbocycles. The van der Waals surface area contributed by atoms with E-state index < -0.39 is 20.2 Å². The summed E-state index contributed by atoms with van der Waals surface area (Å²) in [5, 5.41) is 0. The van der Waals surface area contributed by atoms with Crippen molar-refractivity contribution in [3.05, 3.63) is 24.3 Å². The Balaban J connectivity index is 3.25. The Labute approximate surface area is 116 Å². The maximum absolute atomic E-state index is 12.7. The van der Waals surface area contributed by atoms with Gasteiger partial charge in [0.15, 0.2) is 0 Å². The van der Waals surface area contributed by atoms with Crippen LogP contribution in [0.4, 0.5) is 18.9 Å². The highest BCUT2D eigenvalue weighted by atomic mass is 32.2. The normalized spacial score (nSPS) is 14.1. The molecule has 0 aliphatic heterocycles. The van der Waals surface area contributed by atoms with E-state index in [0.717, 1.165) is 6.07 Å². The van der Waals surface area contributed by atoms with Gasteiger partial charge >= 0.3 is 5.51 Å². The van der Waals surface area contributed by atoms with Crippen LogP contribution in [-0.4, -0.2) is 34.1 Å². The highest BCUT2D eigenvalue weighted by Crippen LogP contribution is 2.35. The maximum atomic E-state index is 12.7. The van der Waals surface area contributed by atoms with Crippen molar-refractivity contribution in [2.45, 2.75) is 17.3 Å². The first kappa shape index (κ1) is 16.8. The van der Waals surface area contributed by atoms with Crippen LogP contribution in [0, 0.1) is 5.92 Å². The van der Waals surface area contributed by atoms with Crippen LogP contribution in [0.2, 0.25) is 0 Å². The van der Waals surface area contributed by atoms with Crippen LogP contribution in [0.25, 0.3) is 0 Å². The van der Waals surface area contributed by atoms with Crippen molar-refractivity contribution in [2.24, 2.45) is 11.7 Å². The van der Waals surface area contributed by atoms with Gasteiger partial charge < -0.3 is 10.6 Å². The molecule has 0 fully saturated rings. The minimum Gasteiger partial charge on any atom is -0.373 e. The van der Waals surface area contributed by atoms with Crippen LogP contribution >= 0.6 is 0 Å². The van der Waals surface area contributed by atoms with Crippen molar-refractivity contribution >= 4 is 15.5 Å². The Morgan fingerprint density at radius 1 is 1.30 bits per heavy atom. The topological polar surface area (TPSA) is 63.4 Å². The van der Waals surface area contributed by atoms with E-state index in [1.165, 1.54) is 30.1 Å². The Kier molecular flexibility index (Phi) is 5.04. The van der Waals surface area contributed by atoms with E-state index >= 15 is 0 Å². The molecule has 0 saturated heterocycles. The summed E-state index contributed by atoms with van der Waals surface area (Å²) in [5.41, 5.74) is 0.169. The number of sulfone groups is 1. The number of anilines is 1. The first-order chi connectivity index (χ1) is 9.11. The number of alkyl halides is 3. The van der Waals surface area contributed by atoms with Crippen LogP contribution in [0.15, 0.2) is 29.2 Å². The quantitative estimate of drug-likeness (QED) is 0.903. The van der Waals surface area contributed by atoms with Gasteiger partial charge in [0.05, 0.1) is 10.6 Å². The second-order valence-corrected chi connectivity index (χ2v) is 6.55. The fourth-order valence-corrected chi connectivity index (χ4v) is 2.77. The molecule has 0 aromatic heterocycles. The zero-order valence-corrected chi connectivity index (χ0v) is 12.0. The predicted molar refractivity (Wildman–Crippen MR) is 71.2 cm³/mol. The van der Waals surface area contributed by atoms with Crippen molar-refractivity contribution in [3.8, 4) is 0 Å². The summed E-state index contributed by atoms with van der Waals surface area (Å²) >= 11 is 0. The van der Waals surface area contributed by atoms with Gasteiger partial charge in [-0.05, 0) is 24.6 Å². The Hall–Kier alpha value is -1.28. The number of halogens is 3. The number of hydrogen-bond donors (Lipinski definition) is 1. The molecule has 2 N–H and O–H groups in total. The Morgan fingerprint density at radius 3 is 2.35 bits per heavy atom. The third kappa shape index (κ3) is 3.43. The zero-order chi connectivity index (χ0) is 15.6. The highest BCUT2D eigenvalue weighted by molar-refractivity contribution is 7.92. The summed E-state index contributed by atoms with van der Waals surface area (Å²) < 4.78 is 61.1. The number of hydrogen-bond acceptors (Lipinski definition) is 4. The SMILES string of the molecule is CC(CN)CN(C)c1ccccc1S(=O)(=O)C(F)(F)F. The van der Waals surface area contributed by atoms with Gasteiger partial charge in [-0.3, -0.25) is 0 Å². The van der Waals surface area contributed by atoms with E-state index in [-0.39, 0.29) is 11.6 Å². The lowest BCUT2D eigenvalue weighted by Gasteiger charge is -2.25. The van der Waals surface area contributed by atoms with E-state index in [1.807, 2.05) is 6.92 Å². The molecule has 1 rings (SSSR count). The highest BCUT2D eigenvalue weighted by Gasteiger charge is 2.48. The van der Waals surface area contributed by atoms with Gasteiger partial charge in [-0.25, -0.2) is 8.42 Å². The Morgan fingerprint density at radius 2 is 1.85 bits per heavy atom. The molecule has 1 atom stereocenters. The third-order valence-corrected chi connectivity index (χ3v) is 4.39. The second-order valence-electron chi connectivity index (χ2n) is 4.64. The van der Waals surface area contributed by atoms with Gasteiger partial charge in [-0.2, -0.15) is 13.2 Å². The van der Waals surface area contributed by atoms with Crippen molar-refractivity contribution in [1.82, 2.24) is 0 Å². The summed E-state index contributed by atoms with van der Waals surface area (Å²) in [5.74, 6) is 0.0293. The van der Waals surface area contributed by atoms with Crippen molar-refractivity contribution in [1.29, 1.82) is 0 Å². The smallest absolute Gasteiger partial charge is 0.373 e. The van der Waals surface area contributed by atoms with Crippen molar-refractivity contribution in [3.63, 3.8) is 0 Å². The molecule has 0 saturated carbocycles. The lowest BCUT2D eigenvalue weighted by molar-refractivity contribution is -0.0435. The summed E-state index contributed by atoms with van der Waals surface area (Å²) in [6, 6.07) is 5.07. The van der Waals surface area contributed by atoms with E-state index in [9.17, 15) is 21.6 Å². The fraction of sp³-hybridized carbons (Fsp3) is 0.500. The molecule has 0 radical (unpaired) electrons. The van der Waals surface area contributed by atoms with E-state index in [0.29, 0.717) is 13.1 Å². The standard InChI is InChI=1S/C12H17F3N2O2S/c1-9(7-16)8-17(2)10-5-3-4-6-11(10)20(18,19)12(13,14)15/h3-6,9H,7-8,16H2,1-2H3. The van der Waals surface area contributed by atoms with E-state index in [4.69, 9.17) is 5.73 Å². The first-order valence-corrected chi connectivity index (χ1v) is 7.41. The minimum absolute atomic E-state index is 0.0186. The molecule has 0 heterocycles. The summed E-state index contributed by atoms with van der Waals surface area (Å²) in [7, 11) is -3.83. The van der Waals surface area contributed by atoms with E-state index in [2.05, 4.69) is 0 Å². The molecule has 0 aliphatic rings.